The van der Waals surface area contributed by atoms with E-state index in [4.69, 9.17) is 0 Å². The molecule has 2 heteroatoms. The van der Waals surface area contributed by atoms with Crippen LogP contribution in [0.4, 0.5) is 0 Å². The van der Waals surface area contributed by atoms with E-state index < -0.39 is 0 Å². The molecule has 1 aliphatic heterocycles. The lowest BCUT2D eigenvalue weighted by atomic mass is 9.84. The van der Waals surface area contributed by atoms with Gasteiger partial charge in [0.25, 0.3) is 0 Å². The highest BCUT2D eigenvalue weighted by Gasteiger charge is 2.22. The van der Waals surface area contributed by atoms with Gasteiger partial charge in [-0.3, -0.25) is 0 Å². The molecular formula is C20H39NO. The number of rotatable bonds is 12. The van der Waals surface area contributed by atoms with Crippen molar-refractivity contribution in [3.63, 3.8) is 0 Å². The molecule has 0 amide bonds. The van der Waals surface area contributed by atoms with Crippen LogP contribution < -0.4 is 0 Å². The van der Waals surface area contributed by atoms with E-state index in [1.165, 1.54) is 77.4 Å². The summed E-state index contributed by atoms with van der Waals surface area (Å²) in [7, 11) is 0. The van der Waals surface area contributed by atoms with Gasteiger partial charge in [0.1, 0.15) is 5.78 Å². The molecule has 22 heavy (non-hydrogen) atoms. The summed E-state index contributed by atoms with van der Waals surface area (Å²) in [6.07, 6.45) is 14.1. The van der Waals surface area contributed by atoms with Gasteiger partial charge < -0.3 is 9.69 Å². The van der Waals surface area contributed by atoms with E-state index in [0.717, 1.165) is 24.7 Å². The number of ketones is 1. The zero-order valence-electron chi connectivity index (χ0n) is 15.4. The quantitative estimate of drug-likeness (QED) is 0.446. The Kier molecular flexibility index (Phi) is 10.8. The molecule has 1 fully saturated rings. The lowest BCUT2D eigenvalue weighted by Gasteiger charge is -2.34. The molecule has 0 aromatic carbocycles. The van der Waals surface area contributed by atoms with Gasteiger partial charge in [-0.1, -0.05) is 52.4 Å². The second-order valence-corrected chi connectivity index (χ2v) is 7.49. The van der Waals surface area contributed by atoms with Gasteiger partial charge in [0.05, 0.1) is 0 Å². The Morgan fingerprint density at radius 1 is 1.00 bits per heavy atom. The van der Waals surface area contributed by atoms with Crippen molar-refractivity contribution in [2.24, 2.45) is 11.8 Å². The van der Waals surface area contributed by atoms with Crippen LogP contribution in [0.2, 0.25) is 0 Å². The first-order valence-corrected chi connectivity index (χ1v) is 9.85. The molecule has 0 bridgehead atoms. The third-order valence-electron chi connectivity index (χ3n) is 5.58. The maximum atomic E-state index is 10.8. The average molecular weight is 310 g/mol. The zero-order chi connectivity index (χ0) is 16.2. The van der Waals surface area contributed by atoms with Crippen LogP contribution in [0.25, 0.3) is 0 Å². The number of likely N-dealkylation sites (tertiary alicyclic amines) is 1. The van der Waals surface area contributed by atoms with Gasteiger partial charge in [-0.15, -0.1) is 0 Å². The normalized spacial score (nSPS) is 18.5. The van der Waals surface area contributed by atoms with Crippen molar-refractivity contribution in [2.75, 3.05) is 19.6 Å². The Hall–Kier alpha value is -0.370. The smallest absolute Gasteiger partial charge is 0.129 e. The second-order valence-electron chi connectivity index (χ2n) is 7.49. The molecule has 0 aliphatic carbocycles. The number of piperidine rings is 1. The van der Waals surface area contributed by atoms with Crippen molar-refractivity contribution in [2.45, 2.75) is 91.4 Å². The van der Waals surface area contributed by atoms with Crippen molar-refractivity contribution in [3.05, 3.63) is 0 Å². The lowest BCUT2D eigenvalue weighted by Crippen LogP contribution is -2.36. The summed E-state index contributed by atoms with van der Waals surface area (Å²) >= 11 is 0. The first-order chi connectivity index (χ1) is 10.6. The summed E-state index contributed by atoms with van der Waals surface area (Å²) in [6, 6.07) is 0. The lowest BCUT2D eigenvalue weighted by molar-refractivity contribution is -0.117. The number of nitrogens with zero attached hydrogens (tertiary/aromatic N) is 1. The molecule has 0 radical (unpaired) electrons. The SMILES string of the molecule is CCC(C)C1CCN(CCCCCCCCCC(C)=O)CC1. The molecule has 130 valence electrons. The number of carbonyl (C=O) groups excluding carboxylic acids is 1. The fraction of sp³-hybridized carbons (Fsp3) is 0.950. The zero-order valence-corrected chi connectivity index (χ0v) is 15.4. The highest BCUT2D eigenvalue weighted by molar-refractivity contribution is 5.75. The van der Waals surface area contributed by atoms with Crippen molar-refractivity contribution in [3.8, 4) is 0 Å². The van der Waals surface area contributed by atoms with E-state index in [1.807, 2.05) is 0 Å². The van der Waals surface area contributed by atoms with Crippen LogP contribution in [0.5, 0.6) is 0 Å². The predicted molar refractivity (Wildman–Crippen MR) is 96.2 cm³/mol. The van der Waals surface area contributed by atoms with Crippen LogP contribution in [0.3, 0.4) is 0 Å². The molecule has 0 saturated carbocycles. The minimum atomic E-state index is 0.345. The molecule has 1 unspecified atom stereocenters. The first-order valence-electron chi connectivity index (χ1n) is 9.85. The van der Waals surface area contributed by atoms with E-state index in [1.54, 1.807) is 6.92 Å². The topological polar surface area (TPSA) is 20.3 Å². The largest absolute Gasteiger partial charge is 0.303 e. The van der Waals surface area contributed by atoms with Gasteiger partial charge in [-0.2, -0.15) is 0 Å². The van der Waals surface area contributed by atoms with Crippen LogP contribution in [0, 0.1) is 11.8 Å². The number of Topliss-reactive ketones (excluding diaryl/α,β-unsaturated/α-hetero) is 1. The van der Waals surface area contributed by atoms with E-state index in [2.05, 4.69) is 18.7 Å². The maximum Gasteiger partial charge on any atom is 0.129 e. The molecule has 1 rings (SSSR count). The summed E-state index contributed by atoms with van der Waals surface area (Å²) in [5, 5.41) is 0. The third kappa shape index (κ3) is 8.92. The minimum Gasteiger partial charge on any atom is -0.303 e. The van der Waals surface area contributed by atoms with Crippen LogP contribution >= 0.6 is 0 Å². The van der Waals surface area contributed by atoms with Gasteiger partial charge in [0.2, 0.25) is 0 Å². The van der Waals surface area contributed by atoms with Gasteiger partial charge in [-0.25, -0.2) is 0 Å². The van der Waals surface area contributed by atoms with Gasteiger partial charge in [-0.05, 0) is 64.1 Å². The highest BCUT2D eigenvalue weighted by atomic mass is 16.1. The third-order valence-corrected chi connectivity index (χ3v) is 5.58. The van der Waals surface area contributed by atoms with Gasteiger partial charge in [0, 0.05) is 6.42 Å². The summed E-state index contributed by atoms with van der Waals surface area (Å²) in [4.78, 5) is 13.5. The summed E-state index contributed by atoms with van der Waals surface area (Å²) in [5.41, 5.74) is 0. The van der Waals surface area contributed by atoms with E-state index in [-0.39, 0.29) is 0 Å². The predicted octanol–water partition coefficient (Wildman–Crippen LogP) is 5.45. The Morgan fingerprint density at radius 3 is 2.09 bits per heavy atom. The van der Waals surface area contributed by atoms with E-state index in [0.29, 0.717) is 5.78 Å². The highest BCUT2D eigenvalue weighted by Crippen LogP contribution is 2.26. The monoisotopic (exact) mass is 309 g/mol. The second kappa shape index (κ2) is 12.1. The number of hydrogen-bond donors (Lipinski definition) is 0. The molecule has 1 atom stereocenters. The summed E-state index contributed by atoms with van der Waals surface area (Å²) in [5.74, 6) is 2.25. The van der Waals surface area contributed by atoms with Crippen molar-refractivity contribution >= 4 is 5.78 Å². The molecular weight excluding hydrogens is 270 g/mol. The molecule has 1 saturated heterocycles. The average Bonchev–Trinajstić information content (AvgIpc) is 2.53. The first kappa shape index (κ1) is 19.7. The van der Waals surface area contributed by atoms with E-state index in [9.17, 15) is 4.79 Å². The Bertz CT molecular complexity index is 281. The Labute approximate surface area is 139 Å². The van der Waals surface area contributed by atoms with Gasteiger partial charge in [0.15, 0.2) is 0 Å². The standard InChI is InChI=1S/C20H39NO/c1-4-18(2)20-13-16-21(17-14-20)15-11-9-7-5-6-8-10-12-19(3)22/h18,20H,4-17H2,1-3H3. The Morgan fingerprint density at radius 2 is 1.55 bits per heavy atom. The molecule has 0 aromatic rings. The molecule has 2 nitrogen and oxygen atoms in total. The van der Waals surface area contributed by atoms with Crippen molar-refractivity contribution in [1.82, 2.24) is 4.90 Å². The van der Waals surface area contributed by atoms with Crippen LogP contribution in [0.1, 0.15) is 91.4 Å². The van der Waals surface area contributed by atoms with Crippen LogP contribution in [-0.4, -0.2) is 30.3 Å². The summed E-state index contributed by atoms with van der Waals surface area (Å²) < 4.78 is 0. The van der Waals surface area contributed by atoms with Crippen LogP contribution in [-0.2, 0) is 4.79 Å². The van der Waals surface area contributed by atoms with E-state index >= 15 is 0 Å². The number of unbranched alkanes of at least 4 members (excludes halogenated alkanes) is 6. The fourth-order valence-corrected chi connectivity index (χ4v) is 3.67. The van der Waals surface area contributed by atoms with Crippen molar-refractivity contribution < 1.29 is 4.79 Å². The number of carbonyl (C=O) groups is 1. The maximum absolute atomic E-state index is 10.8. The fourth-order valence-electron chi connectivity index (χ4n) is 3.67. The molecule has 1 heterocycles. The molecule has 0 aromatic heterocycles. The van der Waals surface area contributed by atoms with Crippen molar-refractivity contribution in [1.29, 1.82) is 0 Å². The minimum absolute atomic E-state index is 0.345. The molecule has 0 spiro atoms. The molecule has 1 aliphatic rings. The Balaban J connectivity index is 1.88. The molecule has 0 N–H and O–H groups in total. The number of hydrogen-bond acceptors (Lipinski definition) is 2. The summed E-state index contributed by atoms with van der Waals surface area (Å²) in [6.45, 7) is 10.4. The van der Waals surface area contributed by atoms with Crippen LogP contribution in [0.15, 0.2) is 0 Å². The van der Waals surface area contributed by atoms with Gasteiger partial charge >= 0.3 is 0 Å².